The Morgan fingerprint density at radius 1 is 0.868 bits per heavy atom. The summed E-state index contributed by atoms with van der Waals surface area (Å²) in [6.07, 6.45) is 3.86. The van der Waals surface area contributed by atoms with Crippen molar-refractivity contribution in [3.63, 3.8) is 0 Å². The molecular weight excluding hydrogens is 945 g/mol. The largest absolute Gasteiger partial charge is 0.462 e. The number of hydrazine groups is 1. The van der Waals surface area contributed by atoms with E-state index in [4.69, 9.17) is 24.4 Å². The molecule has 68 heavy (non-hydrogen) atoms. The molecule has 386 valence electrons. The van der Waals surface area contributed by atoms with Gasteiger partial charge in [-0.05, 0) is 79.1 Å². The van der Waals surface area contributed by atoms with Gasteiger partial charge in [0.15, 0.2) is 0 Å². The second-order valence-electron chi connectivity index (χ2n) is 19.8. The molecule has 0 aromatic rings. The smallest absolute Gasteiger partial charge is 0.293 e. The van der Waals surface area contributed by atoms with Crippen LogP contribution in [0.15, 0.2) is 0 Å². The number of amides is 5. The van der Waals surface area contributed by atoms with E-state index >= 15 is 0 Å². The van der Waals surface area contributed by atoms with Crippen molar-refractivity contribution in [1.82, 2.24) is 31.3 Å². The summed E-state index contributed by atoms with van der Waals surface area (Å²) in [5, 5.41) is 35.2. The lowest BCUT2D eigenvalue weighted by Gasteiger charge is -2.42. The Hall–Kier alpha value is -3.40. The van der Waals surface area contributed by atoms with Crippen LogP contribution in [-0.2, 0) is 33.5 Å². The van der Waals surface area contributed by atoms with Gasteiger partial charge in [-0.1, -0.05) is 110 Å². The van der Waals surface area contributed by atoms with Crippen LogP contribution in [0.4, 0.5) is 0 Å². The van der Waals surface area contributed by atoms with Crippen molar-refractivity contribution in [1.29, 1.82) is 10.5 Å². The molecule has 0 aromatic carbocycles. The molecule has 5 N–H and O–H groups in total. The molecule has 20 heteroatoms. The number of nitrogens with one attached hydrogen (secondary N) is 4. The van der Waals surface area contributed by atoms with Gasteiger partial charge in [0, 0.05) is 74.8 Å². The Labute approximate surface area is 426 Å². The average molecular weight is 1030 g/mol. The Kier molecular flexibility index (Phi) is 28.2. The number of hydrogen-bond donors (Lipinski definition) is 5. The van der Waals surface area contributed by atoms with Gasteiger partial charge in [0.25, 0.3) is 6.47 Å². The van der Waals surface area contributed by atoms with E-state index in [9.17, 15) is 44.4 Å². The Morgan fingerprint density at radius 3 is 1.82 bits per heavy atom. The molecule has 0 aromatic heterocycles. The fraction of sp³-hybridized carbons (Fsp3) is 0.792. The normalized spacial score (nSPS) is 20.7. The molecule has 0 bridgehead atoms. The fourth-order valence-electron chi connectivity index (χ4n) is 7.84. The first kappa shape index (κ1) is 64.6. The lowest BCUT2D eigenvalue weighted by Crippen LogP contribution is -2.52. The minimum atomic E-state index is -1.14. The minimum absolute atomic E-state index is 0.0472. The topological polar surface area (TPSA) is 234 Å². The number of hydrogen-bond acceptors (Lipinski definition) is 15. The number of carbonyl (C=O) groups is 6. The highest BCUT2D eigenvalue weighted by molar-refractivity contribution is 8.23. The van der Waals surface area contributed by atoms with Crippen molar-refractivity contribution in [3.05, 3.63) is 0 Å². The zero-order chi connectivity index (χ0) is 52.7. The van der Waals surface area contributed by atoms with Gasteiger partial charge in [-0.15, -0.1) is 0 Å². The highest BCUT2D eigenvalue weighted by Crippen LogP contribution is 2.75. The van der Waals surface area contributed by atoms with Gasteiger partial charge in [-0.2, -0.15) is 10.5 Å². The molecule has 5 unspecified atom stereocenters. The van der Waals surface area contributed by atoms with E-state index in [0.717, 1.165) is 17.9 Å². The number of carbonyl (C=O) groups excluding carboxylic acids is 6. The highest BCUT2D eigenvalue weighted by atomic mass is 32.2. The lowest BCUT2D eigenvalue weighted by molar-refractivity contribution is -0.142. The van der Waals surface area contributed by atoms with Crippen molar-refractivity contribution in [2.24, 2.45) is 33.0 Å². The molecule has 5 amide bonds. The van der Waals surface area contributed by atoms with Crippen LogP contribution in [0.25, 0.3) is 0 Å². The van der Waals surface area contributed by atoms with Crippen molar-refractivity contribution < 1.29 is 38.6 Å². The molecule has 5 atom stereocenters. The van der Waals surface area contributed by atoms with Crippen molar-refractivity contribution >= 4 is 92.6 Å². The Morgan fingerprint density at radius 2 is 1.41 bits per heavy atom. The molecule has 2 heterocycles. The molecule has 2 aliphatic heterocycles. The van der Waals surface area contributed by atoms with Crippen molar-refractivity contribution in [3.8, 4) is 12.1 Å². The van der Waals surface area contributed by atoms with Crippen LogP contribution < -0.4 is 21.5 Å². The third-order valence-corrected chi connectivity index (χ3v) is 15.7. The fourth-order valence-corrected chi connectivity index (χ4v) is 10.3. The molecular formula is C48H82N8O8S4. The second kappa shape index (κ2) is 29.7. The summed E-state index contributed by atoms with van der Waals surface area (Å²) in [7, 11) is 1.63. The summed E-state index contributed by atoms with van der Waals surface area (Å²) in [4.78, 5) is 76.4. The molecule has 3 aliphatic rings. The van der Waals surface area contributed by atoms with Crippen LogP contribution in [0.2, 0.25) is 0 Å². The van der Waals surface area contributed by atoms with E-state index in [0.29, 0.717) is 79.7 Å². The van der Waals surface area contributed by atoms with E-state index in [2.05, 4.69) is 38.4 Å². The van der Waals surface area contributed by atoms with Gasteiger partial charge in [0.1, 0.15) is 14.2 Å². The van der Waals surface area contributed by atoms with Gasteiger partial charge >= 0.3 is 0 Å². The van der Waals surface area contributed by atoms with Gasteiger partial charge in [-0.25, -0.2) is 5.43 Å². The first-order chi connectivity index (χ1) is 31.6. The third-order valence-electron chi connectivity index (χ3n) is 12.8. The summed E-state index contributed by atoms with van der Waals surface area (Å²) in [5.74, 6) is 1.24. The van der Waals surface area contributed by atoms with Gasteiger partial charge in [0.2, 0.25) is 29.5 Å². The summed E-state index contributed by atoms with van der Waals surface area (Å²) in [6, 6.07) is 4.77. The van der Waals surface area contributed by atoms with Crippen LogP contribution in [0.5, 0.6) is 0 Å². The molecule has 1 saturated carbocycles. The first-order valence-corrected chi connectivity index (χ1v) is 26.4. The van der Waals surface area contributed by atoms with Crippen molar-refractivity contribution in [2.75, 3.05) is 44.7 Å². The summed E-state index contributed by atoms with van der Waals surface area (Å²) in [6.45, 7) is 26.5. The zero-order valence-electron chi connectivity index (χ0n) is 43.3. The maximum Gasteiger partial charge on any atom is 0.293 e. The number of nitriles is 2. The maximum absolute atomic E-state index is 13.8. The number of unbranched alkanes of at least 4 members (excludes halogenated alkanes) is 2. The molecule has 2 saturated heterocycles. The molecule has 0 spiro atoms. The minimum Gasteiger partial charge on any atom is -0.462 e. The molecule has 1 aliphatic carbocycles. The van der Waals surface area contributed by atoms with Crippen LogP contribution in [0, 0.1) is 55.7 Å². The van der Waals surface area contributed by atoms with E-state index in [1.165, 1.54) is 11.8 Å². The molecule has 3 fully saturated rings. The van der Waals surface area contributed by atoms with E-state index < -0.39 is 33.2 Å². The number of aliphatic hydroxyl groups is 1. The number of aliphatic hydroxyl groups excluding tert-OH is 1. The molecule has 3 rings (SSSR count). The number of nitrogens with zero attached hydrogens (tertiary/aromatic N) is 4. The summed E-state index contributed by atoms with van der Waals surface area (Å²) in [5.41, 5.74) is 0.573. The number of ether oxygens (including phenoxy) is 1. The van der Waals surface area contributed by atoms with E-state index in [1.54, 1.807) is 56.3 Å². The predicted molar refractivity (Wildman–Crippen MR) is 279 cm³/mol. The monoisotopic (exact) mass is 1030 g/mol. The average Bonchev–Trinajstić information content (AvgIpc) is 3.49. The number of thioether (sulfide) groups is 2. The van der Waals surface area contributed by atoms with Gasteiger partial charge in [0.05, 0.1) is 34.5 Å². The zero-order valence-corrected chi connectivity index (χ0v) is 46.5. The van der Waals surface area contributed by atoms with E-state index in [1.807, 2.05) is 62.3 Å². The van der Waals surface area contributed by atoms with E-state index in [-0.39, 0.29) is 60.4 Å². The Balaban J connectivity index is 0.00000141. The van der Waals surface area contributed by atoms with Crippen molar-refractivity contribution in [2.45, 2.75) is 166 Å². The van der Waals surface area contributed by atoms with Crippen LogP contribution in [0.3, 0.4) is 0 Å². The lowest BCUT2D eigenvalue weighted by atomic mass is 9.62. The standard InChI is InChI=1S/C29H48N6O5S2.C12H18N2OS2.C5H10O2.C2H6/c1-20(36)16-33-24(40)27(4,17-26(2,3)23(39)32-13-9-7-8-10-21(37)34-31-6)28(5)18-29(28,19-30)12-11-22(38)35-14-15-42-25(35)41;1-9(2)12(3,8-13)5-4-10(15)14-6-7-17-11(14)16;1-5(2,3)7-4-6;1-2/h20,31,36H,7-18H2,1-6H3,(H,32,39)(H,33,40)(H,34,37);9H,4-7H2,1-3H3;4H,1-3H3;1-2H3. The van der Waals surface area contributed by atoms with Gasteiger partial charge in [-0.3, -0.25) is 44.0 Å². The van der Waals surface area contributed by atoms with Crippen LogP contribution in [-0.4, -0.2) is 116 Å². The second-order valence-corrected chi connectivity index (χ2v) is 23.3. The van der Waals surface area contributed by atoms with Crippen LogP contribution >= 0.6 is 48.0 Å². The predicted octanol–water partition coefficient (Wildman–Crippen LogP) is 7.19. The number of thiocarbonyl (C=S) groups is 2. The summed E-state index contributed by atoms with van der Waals surface area (Å²) >= 11 is 13.4. The number of rotatable bonds is 22. The Bertz CT molecular complexity index is 1820. The SMILES string of the molecule is CC.CC(C)(C)OC=O.CC(C)C(C)(C#N)CCC(=O)N1CCSC1=S.CNNC(=O)CCCCCNC(=O)C(C)(C)CC(C)(C(=O)NCC(C)O)C1(C)CC1(C#N)CCC(=O)N1CCSC1=S. The first-order valence-electron chi connectivity index (χ1n) is 23.6. The summed E-state index contributed by atoms with van der Waals surface area (Å²) < 4.78 is 5.78. The third kappa shape index (κ3) is 19.8. The maximum atomic E-state index is 13.8. The van der Waals surface area contributed by atoms with Gasteiger partial charge < -0.3 is 20.5 Å². The molecule has 16 nitrogen and oxygen atoms in total. The quantitative estimate of drug-likeness (QED) is 0.0313. The molecule has 0 radical (unpaired) electrons. The van der Waals surface area contributed by atoms with Crippen LogP contribution in [0.1, 0.15) is 154 Å². The highest BCUT2D eigenvalue weighted by Gasteiger charge is 2.74.